The Hall–Kier alpha value is -2.75. The van der Waals surface area contributed by atoms with Crippen LogP contribution in [0.5, 0.6) is 0 Å². The van der Waals surface area contributed by atoms with Crippen LogP contribution in [-0.4, -0.2) is 30.1 Å². The lowest BCUT2D eigenvalue weighted by molar-refractivity contribution is 0.0785. The Balaban J connectivity index is 1.77. The number of hydrogen-bond acceptors (Lipinski definition) is 3. The molecule has 4 rings (SSSR count). The Morgan fingerprint density at radius 2 is 1.31 bits per heavy atom. The molecule has 1 heterocycles. The maximum Gasteiger partial charge on any atom is 0.168 e. The molecule has 29 heavy (non-hydrogen) atoms. The van der Waals surface area contributed by atoms with E-state index in [-0.39, 0.29) is 17.6 Å². The summed E-state index contributed by atoms with van der Waals surface area (Å²) in [4.78, 5) is 29.1. The second-order valence-electron chi connectivity index (χ2n) is 7.53. The number of benzene rings is 3. The van der Waals surface area contributed by atoms with Crippen molar-refractivity contribution >= 4 is 23.2 Å². The van der Waals surface area contributed by atoms with E-state index in [1.807, 2.05) is 92.0 Å². The van der Waals surface area contributed by atoms with Crippen LogP contribution < -0.4 is 0 Å². The summed E-state index contributed by atoms with van der Waals surface area (Å²) in [7, 11) is 1.98. The molecule has 0 spiro atoms. The minimum absolute atomic E-state index is 0.00387. The van der Waals surface area contributed by atoms with Gasteiger partial charge in [0.05, 0.1) is 5.92 Å². The van der Waals surface area contributed by atoms with Gasteiger partial charge in [0.2, 0.25) is 0 Å². The minimum atomic E-state index is -0.462. The summed E-state index contributed by atoms with van der Waals surface area (Å²) >= 11 is 6.07. The molecule has 0 aliphatic carbocycles. The molecular formula is C25H22ClNO2. The largest absolute Gasteiger partial charge is 0.298 e. The molecule has 3 nitrogen and oxygen atoms in total. The van der Waals surface area contributed by atoms with Crippen molar-refractivity contribution in [2.24, 2.45) is 11.8 Å². The van der Waals surface area contributed by atoms with Crippen molar-refractivity contribution in [1.82, 2.24) is 4.90 Å². The van der Waals surface area contributed by atoms with Crippen molar-refractivity contribution < 1.29 is 9.59 Å². The quantitative estimate of drug-likeness (QED) is 0.541. The monoisotopic (exact) mass is 403 g/mol. The predicted octanol–water partition coefficient (Wildman–Crippen LogP) is 5.32. The van der Waals surface area contributed by atoms with Crippen molar-refractivity contribution in [3.05, 3.63) is 107 Å². The number of carbonyl (C=O) groups is 2. The summed E-state index contributed by atoms with van der Waals surface area (Å²) in [5.41, 5.74) is 2.28. The first kappa shape index (κ1) is 19.6. The molecule has 0 aromatic heterocycles. The fourth-order valence-electron chi connectivity index (χ4n) is 4.34. The summed E-state index contributed by atoms with van der Waals surface area (Å²) < 4.78 is 0. The molecule has 0 bridgehead atoms. The van der Waals surface area contributed by atoms with Crippen molar-refractivity contribution in [1.29, 1.82) is 0 Å². The third-order valence-electron chi connectivity index (χ3n) is 5.70. The summed E-state index contributed by atoms with van der Waals surface area (Å²) in [6, 6.07) is 25.9. The normalized spacial score (nSPS) is 21.8. The number of likely N-dealkylation sites (tertiary alicyclic amines) is 1. The number of carbonyl (C=O) groups excluding carboxylic acids is 2. The first-order chi connectivity index (χ1) is 14.1. The molecule has 4 heteroatoms. The van der Waals surface area contributed by atoms with E-state index in [4.69, 9.17) is 11.6 Å². The van der Waals surface area contributed by atoms with Gasteiger partial charge in [0.25, 0.3) is 0 Å². The van der Waals surface area contributed by atoms with Crippen LogP contribution in [-0.2, 0) is 0 Å². The zero-order valence-corrected chi connectivity index (χ0v) is 16.9. The van der Waals surface area contributed by atoms with E-state index in [0.717, 1.165) is 5.56 Å². The van der Waals surface area contributed by atoms with Gasteiger partial charge in [0.1, 0.15) is 0 Å². The fourth-order valence-corrected chi connectivity index (χ4v) is 4.46. The second-order valence-corrected chi connectivity index (χ2v) is 7.97. The van der Waals surface area contributed by atoms with Crippen LogP contribution >= 0.6 is 11.6 Å². The van der Waals surface area contributed by atoms with E-state index in [1.165, 1.54) is 0 Å². The summed E-state index contributed by atoms with van der Waals surface area (Å²) in [5, 5.41) is 0.650. The molecule has 3 aromatic rings. The van der Waals surface area contributed by atoms with E-state index in [0.29, 0.717) is 22.7 Å². The standard InChI is InChI=1S/C25H22ClNO2/c1-27-16-21(24(28)18-8-4-2-5-9-18)22(25(29)19-10-6-3-7-11-19)23(27)17-12-14-20(26)15-13-17/h2-15,21-23H,16H2,1H3/t21-,22+,23-/m0/s1. The first-order valence-electron chi connectivity index (χ1n) is 9.70. The zero-order chi connectivity index (χ0) is 20.4. The molecule has 1 saturated heterocycles. The Morgan fingerprint density at radius 1 is 0.793 bits per heavy atom. The van der Waals surface area contributed by atoms with Crippen molar-refractivity contribution in [3.63, 3.8) is 0 Å². The van der Waals surface area contributed by atoms with Gasteiger partial charge in [-0.25, -0.2) is 0 Å². The van der Waals surface area contributed by atoms with Crippen LogP contribution in [0.15, 0.2) is 84.9 Å². The zero-order valence-electron chi connectivity index (χ0n) is 16.2. The maximum absolute atomic E-state index is 13.6. The molecule has 1 aliphatic heterocycles. The van der Waals surface area contributed by atoms with Crippen LogP contribution in [0.4, 0.5) is 0 Å². The highest BCUT2D eigenvalue weighted by molar-refractivity contribution is 6.30. The lowest BCUT2D eigenvalue weighted by Crippen LogP contribution is -2.30. The molecule has 0 N–H and O–H groups in total. The molecule has 1 aliphatic rings. The topological polar surface area (TPSA) is 37.4 Å². The Kier molecular flexibility index (Phi) is 5.61. The van der Waals surface area contributed by atoms with Gasteiger partial charge < -0.3 is 0 Å². The average molecular weight is 404 g/mol. The van der Waals surface area contributed by atoms with Gasteiger partial charge in [-0.05, 0) is 24.7 Å². The molecule has 3 atom stereocenters. The molecule has 0 unspecified atom stereocenters. The van der Waals surface area contributed by atoms with E-state index in [9.17, 15) is 9.59 Å². The summed E-state index contributed by atoms with van der Waals surface area (Å²) in [5.74, 6) is -0.848. The Morgan fingerprint density at radius 3 is 1.86 bits per heavy atom. The van der Waals surface area contributed by atoms with Gasteiger partial charge in [-0.3, -0.25) is 14.5 Å². The van der Waals surface area contributed by atoms with E-state index in [1.54, 1.807) is 0 Å². The van der Waals surface area contributed by atoms with Gasteiger partial charge >= 0.3 is 0 Å². The first-order valence-corrected chi connectivity index (χ1v) is 10.1. The molecule has 3 aromatic carbocycles. The van der Waals surface area contributed by atoms with Gasteiger partial charge in [0, 0.05) is 34.7 Å². The SMILES string of the molecule is CN1C[C@H](C(=O)c2ccccc2)[C@@H](C(=O)c2ccccc2)[C@@H]1c1ccc(Cl)cc1. The van der Waals surface area contributed by atoms with Gasteiger partial charge in [-0.2, -0.15) is 0 Å². The number of rotatable bonds is 5. The summed E-state index contributed by atoms with van der Waals surface area (Å²) in [6.45, 7) is 0.532. The average Bonchev–Trinajstić information content (AvgIpc) is 3.11. The number of hydrogen-bond donors (Lipinski definition) is 0. The highest BCUT2D eigenvalue weighted by Crippen LogP contribution is 2.43. The lowest BCUT2D eigenvalue weighted by atomic mass is 9.78. The second kappa shape index (κ2) is 8.32. The maximum atomic E-state index is 13.6. The number of ketones is 2. The van der Waals surface area contributed by atoms with Crippen LogP contribution in [0.3, 0.4) is 0 Å². The highest BCUT2D eigenvalue weighted by atomic mass is 35.5. The van der Waals surface area contributed by atoms with Gasteiger partial charge in [-0.15, -0.1) is 0 Å². The molecule has 146 valence electrons. The van der Waals surface area contributed by atoms with Gasteiger partial charge in [0.15, 0.2) is 11.6 Å². The smallest absolute Gasteiger partial charge is 0.168 e. The molecule has 0 amide bonds. The summed E-state index contributed by atoms with van der Waals surface area (Å²) in [6.07, 6.45) is 0. The number of nitrogens with zero attached hydrogens (tertiary/aromatic N) is 1. The van der Waals surface area contributed by atoms with Gasteiger partial charge in [-0.1, -0.05) is 84.4 Å². The lowest BCUT2D eigenvalue weighted by Gasteiger charge is -2.26. The molecule has 0 saturated carbocycles. The van der Waals surface area contributed by atoms with Crippen LogP contribution in [0.2, 0.25) is 5.02 Å². The van der Waals surface area contributed by atoms with E-state index >= 15 is 0 Å². The highest BCUT2D eigenvalue weighted by Gasteiger charge is 2.48. The van der Waals surface area contributed by atoms with Crippen LogP contribution in [0.1, 0.15) is 32.3 Å². The Bertz CT molecular complexity index is 1000. The van der Waals surface area contributed by atoms with Crippen molar-refractivity contribution in [3.8, 4) is 0 Å². The number of halogens is 1. The number of Topliss-reactive ketones (excluding diaryl/α,β-unsaturated/α-hetero) is 2. The Labute approximate surface area is 175 Å². The molecular weight excluding hydrogens is 382 g/mol. The van der Waals surface area contributed by atoms with Crippen LogP contribution in [0.25, 0.3) is 0 Å². The third-order valence-corrected chi connectivity index (χ3v) is 5.95. The van der Waals surface area contributed by atoms with E-state index < -0.39 is 11.8 Å². The van der Waals surface area contributed by atoms with E-state index in [2.05, 4.69) is 4.90 Å². The molecule has 1 fully saturated rings. The van der Waals surface area contributed by atoms with Crippen molar-refractivity contribution in [2.75, 3.05) is 13.6 Å². The minimum Gasteiger partial charge on any atom is -0.298 e. The van der Waals surface area contributed by atoms with Crippen molar-refractivity contribution in [2.45, 2.75) is 6.04 Å². The predicted molar refractivity (Wildman–Crippen MR) is 115 cm³/mol. The van der Waals surface area contributed by atoms with Crippen LogP contribution in [0, 0.1) is 11.8 Å². The fraction of sp³-hybridized carbons (Fsp3) is 0.200. The molecule has 0 radical (unpaired) electrons. The third kappa shape index (κ3) is 3.89.